The average Bonchev–Trinajstić information content (AvgIpc) is 2.77. The molecule has 158 valence electrons. The lowest BCUT2D eigenvalue weighted by molar-refractivity contribution is -0.122. The topological polar surface area (TPSA) is 101 Å². The second-order valence-electron chi connectivity index (χ2n) is 6.25. The number of carbonyl (C=O) groups is 2. The quantitative estimate of drug-likeness (QED) is 0.643. The maximum Gasteiger partial charge on any atom is 0.227 e. The van der Waals surface area contributed by atoms with Gasteiger partial charge < -0.3 is 24.4 Å². The highest BCUT2D eigenvalue weighted by molar-refractivity contribution is 5.98. The lowest BCUT2D eigenvalue weighted by Crippen LogP contribution is -2.32. The number of nitrogens with one attached hydrogen (secondary N) is 1. The summed E-state index contributed by atoms with van der Waals surface area (Å²) in [6, 6.07) is 14.4. The van der Waals surface area contributed by atoms with E-state index in [2.05, 4.69) is 5.32 Å². The van der Waals surface area contributed by atoms with Gasteiger partial charge in [-0.25, -0.2) is 0 Å². The minimum Gasteiger partial charge on any atom is -0.493 e. The number of hydrogen-bond acceptors (Lipinski definition) is 6. The molecule has 0 unspecified atom stereocenters. The first kappa shape index (κ1) is 22.6. The summed E-state index contributed by atoms with van der Waals surface area (Å²) in [6.45, 7) is 0.272. The van der Waals surface area contributed by atoms with Gasteiger partial charge in [-0.3, -0.25) is 9.59 Å². The van der Waals surface area contributed by atoms with E-state index in [9.17, 15) is 9.59 Å². The summed E-state index contributed by atoms with van der Waals surface area (Å²) >= 11 is 0. The number of methoxy groups -OCH3 is 3. The van der Waals surface area contributed by atoms with Crippen LogP contribution in [0.3, 0.4) is 0 Å². The lowest BCUT2D eigenvalue weighted by atomic mass is 10.2. The number of carbonyl (C=O) groups excluding carboxylic acids is 2. The molecule has 30 heavy (non-hydrogen) atoms. The molecule has 0 bridgehead atoms. The smallest absolute Gasteiger partial charge is 0.227 e. The summed E-state index contributed by atoms with van der Waals surface area (Å²) in [5, 5.41) is 11.6. The first-order valence-corrected chi connectivity index (χ1v) is 9.36. The standard InChI is InChI=1S/C22H25N3O5/c1-28-18-14-16(15-19(29-2)22(18)30-3)24-20(26)10-11-21(27)25(13-7-12-23)17-8-5-4-6-9-17/h4-6,8-9,14-15H,7,10-11,13H2,1-3H3,(H,24,26). The Morgan fingerprint density at radius 3 is 2.17 bits per heavy atom. The van der Waals surface area contributed by atoms with Gasteiger partial charge in [-0.2, -0.15) is 5.26 Å². The van der Waals surface area contributed by atoms with Crippen molar-refractivity contribution in [1.82, 2.24) is 0 Å². The fourth-order valence-electron chi connectivity index (χ4n) is 2.90. The minimum absolute atomic E-state index is 0.00855. The van der Waals surface area contributed by atoms with Crippen molar-refractivity contribution in [3.63, 3.8) is 0 Å². The zero-order valence-electron chi connectivity index (χ0n) is 17.3. The van der Waals surface area contributed by atoms with E-state index in [4.69, 9.17) is 19.5 Å². The van der Waals surface area contributed by atoms with Crippen molar-refractivity contribution in [3.05, 3.63) is 42.5 Å². The Morgan fingerprint density at radius 1 is 1.00 bits per heavy atom. The lowest BCUT2D eigenvalue weighted by Gasteiger charge is -2.21. The van der Waals surface area contributed by atoms with Crippen LogP contribution in [0.2, 0.25) is 0 Å². The van der Waals surface area contributed by atoms with Crippen LogP contribution in [-0.4, -0.2) is 39.7 Å². The van der Waals surface area contributed by atoms with Crippen LogP contribution in [-0.2, 0) is 9.59 Å². The van der Waals surface area contributed by atoms with Gasteiger partial charge in [0.25, 0.3) is 0 Å². The van der Waals surface area contributed by atoms with Crippen molar-refractivity contribution in [2.45, 2.75) is 19.3 Å². The molecule has 0 radical (unpaired) electrons. The van der Waals surface area contributed by atoms with E-state index < -0.39 is 0 Å². The van der Waals surface area contributed by atoms with Crippen molar-refractivity contribution in [1.29, 1.82) is 5.26 Å². The molecule has 0 heterocycles. The first-order chi connectivity index (χ1) is 14.5. The van der Waals surface area contributed by atoms with E-state index in [0.717, 1.165) is 0 Å². The van der Waals surface area contributed by atoms with Crippen molar-refractivity contribution in [2.24, 2.45) is 0 Å². The molecule has 2 amide bonds. The molecule has 8 heteroatoms. The molecule has 0 aliphatic rings. The van der Waals surface area contributed by atoms with E-state index in [-0.39, 0.29) is 37.6 Å². The van der Waals surface area contributed by atoms with Gasteiger partial charge in [0.1, 0.15) is 0 Å². The third-order valence-electron chi connectivity index (χ3n) is 4.33. The van der Waals surface area contributed by atoms with Gasteiger partial charge >= 0.3 is 0 Å². The number of benzene rings is 2. The first-order valence-electron chi connectivity index (χ1n) is 9.36. The number of anilines is 2. The van der Waals surface area contributed by atoms with Crippen LogP contribution in [0.1, 0.15) is 19.3 Å². The monoisotopic (exact) mass is 411 g/mol. The number of rotatable bonds is 10. The molecule has 0 spiro atoms. The maximum atomic E-state index is 12.7. The fraction of sp³-hybridized carbons (Fsp3) is 0.318. The van der Waals surface area contributed by atoms with E-state index in [1.165, 1.54) is 26.2 Å². The molecular formula is C22H25N3O5. The predicted molar refractivity (Wildman–Crippen MR) is 113 cm³/mol. The van der Waals surface area contributed by atoms with Crippen LogP contribution in [0.25, 0.3) is 0 Å². The van der Waals surface area contributed by atoms with E-state index in [0.29, 0.717) is 28.6 Å². The van der Waals surface area contributed by atoms with Gasteiger partial charge in [0.05, 0.1) is 33.8 Å². The highest BCUT2D eigenvalue weighted by Gasteiger charge is 2.18. The third kappa shape index (κ3) is 5.88. The van der Waals surface area contributed by atoms with Crippen LogP contribution < -0.4 is 24.4 Å². The Bertz CT molecular complexity index is 884. The van der Waals surface area contributed by atoms with Gasteiger partial charge in [0.2, 0.25) is 17.6 Å². The Morgan fingerprint density at radius 2 is 1.63 bits per heavy atom. The highest BCUT2D eigenvalue weighted by Crippen LogP contribution is 2.39. The SMILES string of the molecule is COc1cc(NC(=O)CCC(=O)N(CCC#N)c2ccccc2)cc(OC)c1OC. The molecule has 0 saturated heterocycles. The summed E-state index contributed by atoms with van der Waals surface area (Å²) in [5.41, 5.74) is 1.16. The van der Waals surface area contributed by atoms with Crippen molar-refractivity contribution in [2.75, 3.05) is 38.1 Å². The molecule has 8 nitrogen and oxygen atoms in total. The van der Waals surface area contributed by atoms with E-state index in [1.54, 1.807) is 24.3 Å². The molecule has 0 atom stereocenters. The molecule has 1 N–H and O–H groups in total. The Kier molecular flexibility index (Phi) is 8.51. The number of para-hydroxylation sites is 1. The van der Waals surface area contributed by atoms with Crippen molar-refractivity contribution < 1.29 is 23.8 Å². The summed E-state index contributed by atoms with van der Waals surface area (Å²) < 4.78 is 15.8. The van der Waals surface area contributed by atoms with Gasteiger partial charge in [-0.05, 0) is 12.1 Å². The van der Waals surface area contributed by atoms with Gasteiger partial charge in [-0.1, -0.05) is 18.2 Å². The van der Waals surface area contributed by atoms with Crippen LogP contribution in [0.5, 0.6) is 17.2 Å². The fourth-order valence-corrected chi connectivity index (χ4v) is 2.90. The van der Waals surface area contributed by atoms with Gasteiger partial charge in [0, 0.05) is 42.9 Å². The Hall–Kier alpha value is -3.73. The summed E-state index contributed by atoms with van der Waals surface area (Å²) in [6.07, 6.45) is 0.209. The number of hydrogen-bond donors (Lipinski definition) is 1. The third-order valence-corrected chi connectivity index (χ3v) is 4.33. The average molecular weight is 411 g/mol. The molecule has 2 aromatic rings. The molecular weight excluding hydrogens is 386 g/mol. The van der Waals surface area contributed by atoms with Gasteiger partial charge in [0.15, 0.2) is 11.5 Å². The highest BCUT2D eigenvalue weighted by atomic mass is 16.5. The largest absolute Gasteiger partial charge is 0.493 e. The van der Waals surface area contributed by atoms with Crippen LogP contribution in [0, 0.1) is 11.3 Å². The Labute approximate surface area is 176 Å². The molecule has 0 fully saturated rings. The van der Waals surface area contributed by atoms with Gasteiger partial charge in [-0.15, -0.1) is 0 Å². The summed E-state index contributed by atoms with van der Waals surface area (Å²) in [5.74, 6) is 0.691. The number of nitrogens with zero attached hydrogens (tertiary/aromatic N) is 2. The van der Waals surface area contributed by atoms with Crippen molar-refractivity contribution >= 4 is 23.2 Å². The number of ether oxygens (including phenoxy) is 3. The van der Waals surface area contributed by atoms with E-state index >= 15 is 0 Å². The number of amides is 2. The predicted octanol–water partition coefficient (Wildman–Crippen LogP) is 3.38. The summed E-state index contributed by atoms with van der Waals surface area (Å²) in [7, 11) is 4.47. The zero-order valence-corrected chi connectivity index (χ0v) is 17.3. The van der Waals surface area contributed by atoms with Crippen LogP contribution >= 0.6 is 0 Å². The molecule has 2 aromatic carbocycles. The molecule has 0 aromatic heterocycles. The number of nitriles is 1. The second kappa shape index (κ2) is 11.3. The maximum absolute atomic E-state index is 12.7. The van der Waals surface area contributed by atoms with Crippen LogP contribution in [0.15, 0.2) is 42.5 Å². The second-order valence-corrected chi connectivity index (χ2v) is 6.25. The van der Waals surface area contributed by atoms with Crippen molar-refractivity contribution in [3.8, 4) is 23.3 Å². The van der Waals surface area contributed by atoms with E-state index in [1.807, 2.05) is 24.3 Å². The molecule has 2 rings (SSSR count). The minimum atomic E-state index is -0.328. The molecule has 0 aliphatic carbocycles. The molecule has 0 saturated carbocycles. The normalized spacial score (nSPS) is 9.93. The summed E-state index contributed by atoms with van der Waals surface area (Å²) in [4.78, 5) is 26.6. The van der Waals surface area contributed by atoms with Crippen LogP contribution in [0.4, 0.5) is 11.4 Å². The molecule has 0 aliphatic heterocycles. The zero-order chi connectivity index (χ0) is 21.9. The Balaban J connectivity index is 2.04.